The predicted octanol–water partition coefficient (Wildman–Crippen LogP) is 4.47. The van der Waals surface area contributed by atoms with Crippen molar-refractivity contribution in [2.75, 3.05) is 25.0 Å². The molecule has 0 aliphatic carbocycles. The molecule has 6 heteroatoms. The normalized spacial score (nSPS) is 16.6. The highest BCUT2D eigenvalue weighted by atomic mass is 32.1. The van der Waals surface area contributed by atoms with Gasteiger partial charge in [0, 0.05) is 24.2 Å². The number of aromatic nitrogens is 1. The van der Waals surface area contributed by atoms with Gasteiger partial charge in [-0.2, -0.15) is 0 Å². The van der Waals surface area contributed by atoms with Gasteiger partial charge in [-0.3, -0.25) is 9.89 Å². The molecule has 1 aromatic heterocycles. The lowest BCUT2D eigenvalue weighted by Crippen LogP contribution is -2.34. The van der Waals surface area contributed by atoms with Gasteiger partial charge < -0.3 is 11.1 Å². The molecule has 1 saturated heterocycles. The number of nitrogens with zero attached hydrogens (tertiary/aromatic N) is 3. The van der Waals surface area contributed by atoms with Gasteiger partial charge in [-0.05, 0) is 61.9 Å². The van der Waals surface area contributed by atoms with Gasteiger partial charge in [0.1, 0.15) is 0 Å². The van der Waals surface area contributed by atoms with Crippen molar-refractivity contribution in [2.24, 2.45) is 16.6 Å². The first-order valence-electron chi connectivity index (χ1n) is 10.4. The molecule has 3 rings (SSSR count). The first kappa shape index (κ1) is 20.8. The second-order valence-electron chi connectivity index (χ2n) is 7.94. The third-order valence-electron chi connectivity index (χ3n) is 5.34. The van der Waals surface area contributed by atoms with Gasteiger partial charge in [0.2, 0.25) is 0 Å². The van der Waals surface area contributed by atoms with E-state index >= 15 is 0 Å². The van der Waals surface area contributed by atoms with E-state index in [9.17, 15) is 0 Å². The molecule has 1 aliphatic rings. The molecule has 0 saturated carbocycles. The lowest BCUT2D eigenvalue weighted by molar-refractivity contribution is 0.179. The number of hydrogen-bond donors (Lipinski definition) is 2. The SMILES string of the molecule is CCc1nc(CN2CCC(CN=C(N)Nc3cccc(C(C)C)c3)CC2)cs1. The van der Waals surface area contributed by atoms with Crippen molar-refractivity contribution in [3.63, 3.8) is 0 Å². The van der Waals surface area contributed by atoms with Crippen LogP contribution in [0.25, 0.3) is 0 Å². The zero-order valence-corrected chi connectivity index (χ0v) is 18.1. The number of benzene rings is 1. The Hall–Kier alpha value is -1.92. The molecule has 1 aromatic carbocycles. The minimum Gasteiger partial charge on any atom is -0.370 e. The van der Waals surface area contributed by atoms with Gasteiger partial charge in [0.25, 0.3) is 0 Å². The summed E-state index contributed by atoms with van der Waals surface area (Å²) in [6, 6.07) is 8.39. The van der Waals surface area contributed by atoms with Crippen LogP contribution in [0.3, 0.4) is 0 Å². The molecule has 0 spiro atoms. The fraction of sp³-hybridized carbons (Fsp3) is 0.545. The van der Waals surface area contributed by atoms with Gasteiger partial charge in [0.15, 0.2) is 5.96 Å². The highest BCUT2D eigenvalue weighted by Crippen LogP contribution is 2.21. The van der Waals surface area contributed by atoms with E-state index in [1.165, 1.54) is 29.1 Å². The van der Waals surface area contributed by atoms with E-state index in [2.05, 4.69) is 64.5 Å². The lowest BCUT2D eigenvalue weighted by Gasteiger charge is -2.30. The summed E-state index contributed by atoms with van der Waals surface area (Å²) in [6.45, 7) is 10.6. The quantitative estimate of drug-likeness (QED) is 0.532. The molecule has 0 amide bonds. The van der Waals surface area contributed by atoms with Crippen LogP contribution in [0.1, 0.15) is 55.8 Å². The van der Waals surface area contributed by atoms with Crippen LogP contribution < -0.4 is 11.1 Å². The van der Waals surface area contributed by atoms with E-state index in [1.807, 2.05) is 6.07 Å². The second-order valence-corrected chi connectivity index (χ2v) is 8.88. The number of thiazole rings is 1. The van der Waals surface area contributed by atoms with Gasteiger partial charge >= 0.3 is 0 Å². The van der Waals surface area contributed by atoms with Crippen LogP contribution in [0, 0.1) is 5.92 Å². The molecule has 0 atom stereocenters. The molecule has 0 unspecified atom stereocenters. The number of aryl methyl sites for hydroxylation is 1. The molecule has 1 fully saturated rings. The molecule has 3 N–H and O–H groups in total. The van der Waals surface area contributed by atoms with E-state index < -0.39 is 0 Å². The van der Waals surface area contributed by atoms with Crippen LogP contribution in [0.2, 0.25) is 0 Å². The lowest BCUT2D eigenvalue weighted by atomic mass is 9.97. The first-order valence-corrected chi connectivity index (χ1v) is 11.2. The minimum absolute atomic E-state index is 0.503. The zero-order chi connectivity index (χ0) is 19.9. The van der Waals surface area contributed by atoms with E-state index in [-0.39, 0.29) is 0 Å². The fourth-order valence-electron chi connectivity index (χ4n) is 3.53. The van der Waals surface area contributed by atoms with Gasteiger partial charge in [0.05, 0.1) is 10.7 Å². The Morgan fingerprint density at radius 1 is 1.36 bits per heavy atom. The summed E-state index contributed by atoms with van der Waals surface area (Å²) in [7, 11) is 0. The molecule has 152 valence electrons. The van der Waals surface area contributed by atoms with Gasteiger partial charge in [-0.1, -0.05) is 32.9 Å². The number of nitrogens with one attached hydrogen (secondary N) is 1. The Kier molecular flexibility index (Phi) is 7.45. The third-order valence-corrected chi connectivity index (χ3v) is 6.38. The highest BCUT2D eigenvalue weighted by molar-refractivity contribution is 7.09. The van der Waals surface area contributed by atoms with Gasteiger partial charge in [-0.25, -0.2) is 4.98 Å². The number of anilines is 1. The van der Waals surface area contributed by atoms with Crippen molar-refractivity contribution in [3.05, 3.63) is 45.9 Å². The Balaban J connectivity index is 1.43. The van der Waals surface area contributed by atoms with Crippen molar-refractivity contribution in [1.82, 2.24) is 9.88 Å². The fourth-order valence-corrected chi connectivity index (χ4v) is 4.27. The number of rotatable bonds is 7. The summed E-state index contributed by atoms with van der Waals surface area (Å²) in [5.74, 6) is 1.63. The molecule has 28 heavy (non-hydrogen) atoms. The topological polar surface area (TPSA) is 66.5 Å². The van der Waals surface area contributed by atoms with Crippen molar-refractivity contribution in [2.45, 2.75) is 52.5 Å². The Bertz CT molecular complexity index is 775. The number of guanidine groups is 1. The Labute approximate surface area is 173 Å². The smallest absolute Gasteiger partial charge is 0.193 e. The Morgan fingerprint density at radius 2 is 2.14 bits per heavy atom. The molecule has 1 aliphatic heterocycles. The number of piperidine rings is 1. The first-order chi connectivity index (χ1) is 13.5. The zero-order valence-electron chi connectivity index (χ0n) is 17.3. The number of likely N-dealkylation sites (tertiary alicyclic amines) is 1. The van der Waals surface area contributed by atoms with Crippen molar-refractivity contribution >= 4 is 23.0 Å². The van der Waals surface area contributed by atoms with Crippen molar-refractivity contribution < 1.29 is 0 Å². The second kappa shape index (κ2) is 10.0. The number of aliphatic imine (C=N–C) groups is 1. The van der Waals surface area contributed by atoms with Crippen LogP contribution in [0.15, 0.2) is 34.6 Å². The van der Waals surface area contributed by atoms with Crippen LogP contribution in [0.5, 0.6) is 0 Å². The van der Waals surface area contributed by atoms with Crippen LogP contribution >= 0.6 is 11.3 Å². The summed E-state index contributed by atoms with van der Waals surface area (Å²) in [5.41, 5.74) is 9.65. The van der Waals surface area contributed by atoms with Crippen molar-refractivity contribution in [1.29, 1.82) is 0 Å². The standard InChI is InChI=1S/C22H33N5S/c1-4-21-25-20(15-28-21)14-27-10-8-17(9-11-27)13-24-22(23)26-19-7-5-6-18(12-19)16(2)3/h5-7,12,15-17H,4,8-11,13-14H2,1-3H3,(H3,23,24,26). The number of hydrogen-bond acceptors (Lipinski definition) is 4. The molecule has 2 heterocycles. The van der Waals surface area contributed by atoms with E-state index in [0.29, 0.717) is 17.8 Å². The predicted molar refractivity (Wildman–Crippen MR) is 120 cm³/mol. The molecule has 0 radical (unpaired) electrons. The minimum atomic E-state index is 0.503. The maximum absolute atomic E-state index is 6.12. The van der Waals surface area contributed by atoms with Gasteiger partial charge in [-0.15, -0.1) is 11.3 Å². The summed E-state index contributed by atoms with van der Waals surface area (Å²) in [4.78, 5) is 11.8. The largest absolute Gasteiger partial charge is 0.370 e. The summed E-state index contributed by atoms with van der Waals surface area (Å²) >= 11 is 1.78. The average molecular weight is 400 g/mol. The average Bonchev–Trinajstić information content (AvgIpc) is 3.15. The maximum atomic E-state index is 6.12. The van der Waals surface area contributed by atoms with E-state index in [0.717, 1.165) is 38.3 Å². The molecular formula is C22H33N5S. The van der Waals surface area contributed by atoms with Crippen LogP contribution in [-0.2, 0) is 13.0 Å². The van der Waals surface area contributed by atoms with E-state index in [1.54, 1.807) is 11.3 Å². The molecular weight excluding hydrogens is 366 g/mol. The summed E-state index contributed by atoms with van der Waals surface area (Å²) in [6.07, 6.45) is 3.37. The molecule has 5 nitrogen and oxygen atoms in total. The number of nitrogens with two attached hydrogens (primary N) is 1. The van der Waals surface area contributed by atoms with E-state index in [4.69, 9.17) is 5.73 Å². The summed E-state index contributed by atoms with van der Waals surface area (Å²) in [5, 5.41) is 6.68. The maximum Gasteiger partial charge on any atom is 0.193 e. The monoisotopic (exact) mass is 399 g/mol. The van der Waals surface area contributed by atoms with Crippen LogP contribution in [-0.4, -0.2) is 35.5 Å². The molecule has 2 aromatic rings. The third kappa shape index (κ3) is 6.04. The van der Waals surface area contributed by atoms with Crippen molar-refractivity contribution in [3.8, 4) is 0 Å². The summed E-state index contributed by atoms with van der Waals surface area (Å²) < 4.78 is 0. The van der Waals surface area contributed by atoms with Crippen LogP contribution in [0.4, 0.5) is 5.69 Å². The Morgan fingerprint density at radius 3 is 2.82 bits per heavy atom. The molecule has 0 bridgehead atoms. The highest BCUT2D eigenvalue weighted by Gasteiger charge is 2.19.